The molecule has 0 atom stereocenters. The van der Waals surface area contributed by atoms with Crippen molar-refractivity contribution in [3.8, 4) is 5.75 Å². The first-order chi connectivity index (χ1) is 9.52. The smallest absolute Gasteiger partial charge is 0.255 e. The number of hydrogen-bond acceptors (Lipinski definition) is 2. The molecule has 0 fully saturated rings. The minimum absolute atomic E-state index is 0.250. The van der Waals surface area contributed by atoms with E-state index in [-0.39, 0.29) is 5.91 Å². The largest absolute Gasteiger partial charge is 0.496 e. The molecule has 104 valence electrons. The van der Waals surface area contributed by atoms with Gasteiger partial charge in [0, 0.05) is 5.56 Å². The summed E-state index contributed by atoms with van der Waals surface area (Å²) >= 11 is 11.9. The molecule has 0 aromatic heterocycles. The molecule has 2 aromatic rings. The molecule has 0 saturated carbocycles. The van der Waals surface area contributed by atoms with E-state index in [1.54, 1.807) is 43.5 Å². The molecule has 1 amide bonds. The molecule has 0 unspecified atom stereocenters. The van der Waals surface area contributed by atoms with Crippen LogP contribution in [0.5, 0.6) is 5.75 Å². The number of carbonyl (C=O) groups excluding carboxylic acids is 1. The van der Waals surface area contributed by atoms with Gasteiger partial charge in [-0.3, -0.25) is 4.79 Å². The van der Waals surface area contributed by atoms with Gasteiger partial charge in [-0.05, 0) is 42.8 Å². The van der Waals surface area contributed by atoms with Gasteiger partial charge < -0.3 is 10.1 Å². The standard InChI is InChI=1S/C15H13Cl2NO2/c1-9-8-10(6-7-13(9)20-2)15(19)18-12-5-3-4-11(16)14(12)17/h3-8H,1-2H3,(H,18,19). The molecule has 2 rings (SSSR count). The zero-order valence-electron chi connectivity index (χ0n) is 11.0. The summed E-state index contributed by atoms with van der Waals surface area (Å²) in [6.45, 7) is 1.88. The molecule has 5 heteroatoms. The molecule has 0 spiro atoms. The van der Waals surface area contributed by atoms with Crippen LogP contribution in [0, 0.1) is 6.92 Å². The lowest BCUT2D eigenvalue weighted by atomic mass is 10.1. The third kappa shape index (κ3) is 3.06. The number of benzene rings is 2. The lowest BCUT2D eigenvalue weighted by Crippen LogP contribution is -2.12. The summed E-state index contributed by atoms with van der Waals surface area (Å²) in [6, 6.07) is 10.3. The average molecular weight is 310 g/mol. The van der Waals surface area contributed by atoms with Gasteiger partial charge in [0.2, 0.25) is 0 Å². The summed E-state index contributed by atoms with van der Waals surface area (Å²) in [7, 11) is 1.59. The Hall–Kier alpha value is -1.71. The van der Waals surface area contributed by atoms with Gasteiger partial charge >= 0.3 is 0 Å². The molecular formula is C15H13Cl2NO2. The van der Waals surface area contributed by atoms with Crippen LogP contribution in [0.1, 0.15) is 15.9 Å². The predicted molar refractivity (Wildman–Crippen MR) is 82.1 cm³/mol. The molecule has 0 aliphatic rings. The average Bonchev–Trinajstić information content (AvgIpc) is 2.43. The number of nitrogens with one attached hydrogen (secondary N) is 1. The van der Waals surface area contributed by atoms with Crippen LogP contribution in [0.15, 0.2) is 36.4 Å². The second-order valence-electron chi connectivity index (χ2n) is 4.24. The summed E-state index contributed by atoms with van der Waals surface area (Å²) < 4.78 is 5.16. The number of carbonyl (C=O) groups is 1. The topological polar surface area (TPSA) is 38.3 Å². The summed E-state index contributed by atoms with van der Waals surface area (Å²) in [5.74, 6) is 0.488. The number of halogens is 2. The van der Waals surface area contributed by atoms with Crippen molar-refractivity contribution in [2.45, 2.75) is 6.92 Å². The Morgan fingerprint density at radius 2 is 1.95 bits per heavy atom. The highest BCUT2D eigenvalue weighted by Gasteiger charge is 2.11. The SMILES string of the molecule is COc1ccc(C(=O)Nc2cccc(Cl)c2Cl)cc1C. The molecular weight excluding hydrogens is 297 g/mol. The molecule has 1 N–H and O–H groups in total. The summed E-state index contributed by atoms with van der Waals surface area (Å²) in [6.07, 6.45) is 0. The number of ether oxygens (including phenoxy) is 1. The number of aryl methyl sites for hydroxylation is 1. The van der Waals surface area contributed by atoms with E-state index in [0.717, 1.165) is 11.3 Å². The summed E-state index contributed by atoms with van der Waals surface area (Å²) in [5, 5.41) is 3.46. The van der Waals surface area contributed by atoms with E-state index < -0.39 is 0 Å². The fraction of sp³-hybridized carbons (Fsp3) is 0.133. The molecule has 0 heterocycles. The second kappa shape index (κ2) is 6.16. The van der Waals surface area contributed by atoms with Gasteiger partial charge in [-0.2, -0.15) is 0 Å². The molecule has 0 aliphatic heterocycles. The van der Waals surface area contributed by atoms with Gasteiger partial charge in [-0.15, -0.1) is 0 Å². The first-order valence-electron chi connectivity index (χ1n) is 5.93. The van der Waals surface area contributed by atoms with Crippen molar-refractivity contribution in [1.82, 2.24) is 0 Å². The highest BCUT2D eigenvalue weighted by atomic mass is 35.5. The number of amides is 1. The molecule has 0 saturated heterocycles. The molecule has 2 aromatic carbocycles. The fourth-order valence-corrected chi connectivity index (χ4v) is 2.16. The van der Waals surface area contributed by atoms with Crippen LogP contribution in [0.2, 0.25) is 10.0 Å². The highest BCUT2D eigenvalue weighted by Crippen LogP contribution is 2.30. The van der Waals surface area contributed by atoms with Crippen LogP contribution in [0.4, 0.5) is 5.69 Å². The van der Waals surface area contributed by atoms with Gasteiger partial charge in [-0.1, -0.05) is 29.3 Å². The lowest BCUT2D eigenvalue weighted by Gasteiger charge is -2.10. The quantitative estimate of drug-likeness (QED) is 0.902. The number of anilines is 1. The number of methoxy groups -OCH3 is 1. The van der Waals surface area contributed by atoms with Gasteiger partial charge in [-0.25, -0.2) is 0 Å². The van der Waals surface area contributed by atoms with E-state index >= 15 is 0 Å². The monoisotopic (exact) mass is 309 g/mol. The molecule has 3 nitrogen and oxygen atoms in total. The number of hydrogen-bond donors (Lipinski definition) is 1. The van der Waals surface area contributed by atoms with E-state index in [9.17, 15) is 4.79 Å². The highest BCUT2D eigenvalue weighted by molar-refractivity contribution is 6.44. The molecule has 0 radical (unpaired) electrons. The predicted octanol–water partition coefficient (Wildman–Crippen LogP) is 4.56. The van der Waals surface area contributed by atoms with Crippen LogP contribution in [0.3, 0.4) is 0 Å². The zero-order valence-corrected chi connectivity index (χ0v) is 12.5. The van der Waals surface area contributed by atoms with E-state index in [2.05, 4.69) is 5.32 Å². The van der Waals surface area contributed by atoms with E-state index in [1.165, 1.54) is 0 Å². The Balaban J connectivity index is 2.24. The molecule has 0 aliphatic carbocycles. The van der Waals surface area contributed by atoms with Crippen molar-refractivity contribution in [2.24, 2.45) is 0 Å². The summed E-state index contributed by atoms with van der Waals surface area (Å²) in [4.78, 5) is 12.2. The van der Waals surface area contributed by atoms with Crippen LogP contribution < -0.4 is 10.1 Å². The number of rotatable bonds is 3. The van der Waals surface area contributed by atoms with Crippen molar-refractivity contribution in [1.29, 1.82) is 0 Å². The minimum atomic E-state index is -0.250. The van der Waals surface area contributed by atoms with Gasteiger partial charge in [0.25, 0.3) is 5.91 Å². The molecule has 0 bridgehead atoms. The van der Waals surface area contributed by atoms with Crippen molar-refractivity contribution in [3.63, 3.8) is 0 Å². The van der Waals surface area contributed by atoms with Crippen molar-refractivity contribution in [3.05, 3.63) is 57.6 Å². The van der Waals surface area contributed by atoms with Gasteiger partial charge in [0.05, 0.1) is 22.8 Å². The Morgan fingerprint density at radius 1 is 1.20 bits per heavy atom. The van der Waals surface area contributed by atoms with Crippen LogP contribution in [-0.4, -0.2) is 13.0 Å². The van der Waals surface area contributed by atoms with Gasteiger partial charge in [0.15, 0.2) is 0 Å². The molecule has 20 heavy (non-hydrogen) atoms. The van der Waals surface area contributed by atoms with E-state index in [1.807, 2.05) is 6.92 Å². The van der Waals surface area contributed by atoms with Crippen LogP contribution in [0.25, 0.3) is 0 Å². The maximum absolute atomic E-state index is 12.2. The first-order valence-corrected chi connectivity index (χ1v) is 6.68. The fourth-order valence-electron chi connectivity index (χ4n) is 1.81. The minimum Gasteiger partial charge on any atom is -0.496 e. The normalized spacial score (nSPS) is 10.2. The van der Waals surface area contributed by atoms with E-state index in [0.29, 0.717) is 21.3 Å². The Morgan fingerprint density at radius 3 is 2.60 bits per heavy atom. The van der Waals surface area contributed by atoms with Crippen molar-refractivity contribution in [2.75, 3.05) is 12.4 Å². The summed E-state index contributed by atoms with van der Waals surface area (Å²) in [5.41, 5.74) is 1.90. The van der Waals surface area contributed by atoms with Crippen LogP contribution >= 0.6 is 23.2 Å². The van der Waals surface area contributed by atoms with Crippen LogP contribution in [-0.2, 0) is 0 Å². The lowest BCUT2D eigenvalue weighted by molar-refractivity contribution is 0.102. The first kappa shape index (κ1) is 14.7. The van der Waals surface area contributed by atoms with E-state index in [4.69, 9.17) is 27.9 Å². The zero-order chi connectivity index (χ0) is 14.7. The van der Waals surface area contributed by atoms with Crippen molar-refractivity contribution >= 4 is 34.8 Å². The third-order valence-corrected chi connectivity index (χ3v) is 3.68. The second-order valence-corrected chi connectivity index (χ2v) is 5.03. The maximum atomic E-state index is 12.2. The Bertz CT molecular complexity index is 656. The van der Waals surface area contributed by atoms with Gasteiger partial charge in [0.1, 0.15) is 5.75 Å². The Kier molecular flexibility index (Phi) is 4.53. The third-order valence-electron chi connectivity index (χ3n) is 2.86. The van der Waals surface area contributed by atoms with Crippen molar-refractivity contribution < 1.29 is 9.53 Å². The maximum Gasteiger partial charge on any atom is 0.255 e. The Labute approximate surface area is 127 Å².